The van der Waals surface area contributed by atoms with Crippen LogP contribution in [0, 0.1) is 11.6 Å². The lowest BCUT2D eigenvalue weighted by Crippen LogP contribution is -2.36. The number of halogens is 2. The molecule has 1 atom stereocenters. The molecule has 0 radical (unpaired) electrons. The van der Waals surface area contributed by atoms with Crippen LogP contribution in [0.25, 0.3) is 11.0 Å². The van der Waals surface area contributed by atoms with Crippen LogP contribution in [-0.4, -0.2) is 26.6 Å². The first-order chi connectivity index (χ1) is 14.8. The van der Waals surface area contributed by atoms with Gasteiger partial charge in [0.25, 0.3) is 0 Å². The Kier molecular flexibility index (Phi) is 4.99. The maximum atomic E-state index is 14.5. The number of rotatable bonds is 6. The van der Waals surface area contributed by atoms with Gasteiger partial charge in [-0.05, 0) is 48.9 Å². The molecule has 1 aromatic heterocycles. The van der Waals surface area contributed by atoms with E-state index in [-0.39, 0.29) is 22.6 Å². The van der Waals surface area contributed by atoms with Crippen molar-refractivity contribution in [2.75, 3.05) is 18.0 Å². The van der Waals surface area contributed by atoms with Crippen LogP contribution in [0.5, 0.6) is 0 Å². The van der Waals surface area contributed by atoms with Crippen LogP contribution in [0.3, 0.4) is 0 Å². The predicted octanol–water partition coefficient (Wildman–Crippen LogP) is 4.16. The Hall–Kier alpha value is -2.49. The first kappa shape index (κ1) is 20.4. The molecule has 0 spiro atoms. The van der Waals surface area contributed by atoms with Crippen molar-refractivity contribution in [1.29, 1.82) is 0 Å². The minimum absolute atomic E-state index is 0.0281. The van der Waals surface area contributed by atoms with E-state index >= 15 is 0 Å². The molecule has 31 heavy (non-hydrogen) atoms. The number of hydrogen-bond donors (Lipinski definition) is 2. The zero-order valence-electron chi connectivity index (χ0n) is 16.6. The Labute approximate surface area is 178 Å². The molecule has 1 aliphatic heterocycles. The molecule has 2 aliphatic rings. The number of nitrogens with one attached hydrogen (secondary N) is 1. The molecule has 1 unspecified atom stereocenters. The second-order valence-electron chi connectivity index (χ2n) is 8.14. The number of aliphatic hydroxyl groups excluding tert-OH is 1. The molecule has 1 saturated carbocycles. The van der Waals surface area contributed by atoms with Gasteiger partial charge in [-0.1, -0.05) is 18.6 Å². The first-order valence-electron chi connectivity index (χ1n) is 10.3. The quantitative estimate of drug-likeness (QED) is 0.554. The Balaban J connectivity index is 1.45. The van der Waals surface area contributed by atoms with E-state index in [1.807, 2.05) is 4.90 Å². The monoisotopic (exact) mass is 448 g/mol. The summed E-state index contributed by atoms with van der Waals surface area (Å²) in [6.45, 7) is 1.65. The fraction of sp³-hybridized carbons (Fsp3) is 0.364. The van der Waals surface area contributed by atoms with Gasteiger partial charge in [0.15, 0.2) is 6.23 Å². The summed E-state index contributed by atoms with van der Waals surface area (Å²) in [6.07, 6.45) is 1.77. The highest BCUT2D eigenvalue weighted by Crippen LogP contribution is 2.40. The van der Waals surface area contributed by atoms with Gasteiger partial charge >= 0.3 is 0 Å². The van der Waals surface area contributed by atoms with Gasteiger partial charge in [0.1, 0.15) is 27.9 Å². The number of aliphatic hydroxyl groups is 1. The summed E-state index contributed by atoms with van der Waals surface area (Å²) in [6, 6.07) is 8.47. The summed E-state index contributed by atoms with van der Waals surface area (Å²) in [5, 5.41) is 10.6. The van der Waals surface area contributed by atoms with Crippen molar-refractivity contribution >= 4 is 26.7 Å². The highest BCUT2D eigenvalue weighted by atomic mass is 32.2. The molecule has 0 amide bonds. The van der Waals surface area contributed by atoms with Gasteiger partial charge in [-0.15, -0.1) is 0 Å². The second-order valence-corrected chi connectivity index (χ2v) is 9.79. The number of anilines is 1. The topological polar surface area (TPSA) is 82.8 Å². The van der Waals surface area contributed by atoms with Crippen LogP contribution in [0.4, 0.5) is 14.5 Å². The maximum Gasteiger partial charge on any atom is 0.246 e. The van der Waals surface area contributed by atoms with Crippen molar-refractivity contribution in [3.05, 3.63) is 59.4 Å². The molecule has 3 aromatic rings. The molecule has 6 nitrogen and oxygen atoms in total. The molecule has 1 saturated heterocycles. The molecular weight excluding hydrogens is 426 g/mol. The fourth-order valence-electron chi connectivity index (χ4n) is 4.11. The van der Waals surface area contributed by atoms with Gasteiger partial charge in [0.2, 0.25) is 10.0 Å². The molecule has 2 fully saturated rings. The van der Waals surface area contributed by atoms with Crippen LogP contribution < -0.4 is 9.62 Å². The zero-order valence-corrected chi connectivity index (χ0v) is 17.5. The Morgan fingerprint density at radius 2 is 1.87 bits per heavy atom. The predicted molar refractivity (Wildman–Crippen MR) is 111 cm³/mol. The Bertz CT molecular complexity index is 1250. The van der Waals surface area contributed by atoms with E-state index in [4.69, 9.17) is 4.42 Å². The molecule has 9 heteroatoms. The maximum absolute atomic E-state index is 14.5. The van der Waals surface area contributed by atoms with Crippen molar-refractivity contribution in [3.63, 3.8) is 0 Å². The first-order valence-corrected chi connectivity index (χ1v) is 11.8. The molecule has 5 rings (SSSR count). The van der Waals surface area contributed by atoms with E-state index in [9.17, 15) is 22.3 Å². The standard InChI is InChI=1S/C22H22F2N2O4S/c23-17-7-2-6-15(13-4-1-5-13)21(17)31(28,29)25-22(27)20-12-16-18(24)10-14(11-19(16)30-20)26-8-3-9-26/h2,6-7,10-13,22,25,27H,1,3-5,8-9H2. The lowest BCUT2D eigenvalue weighted by Gasteiger charge is -2.33. The third-order valence-electron chi connectivity index (χ3n) is 6.16. The largest absolute Gasteiger partial charge is 0.457 e. The van der Waals surface area contributed by atoms with Crippen LogP contribution in [0.2, 0.25) is 0 Å². The third kappa shape index (κ3) is 3.60. The van der Waals surface area contributed by atoms with E-state index in [2.05, 4.69) is 4.72 Å². The number of nitrogens with zero attached hydrogens (tertiary/aromatic N) is 1. The summed E-state index contributed by atoms with van der Waals surface area (Å²) in [7, 11) is -4.39. The van der Waals surface area contributed by atoms with Gasteiger partial charge in [-0.25, -0.2) is 17.2 Å². The van der Waals surface area contributed by atoms with Crippen LogP contribution in [-0.2, 0) is 10.0 Å². The van der Waals surface area contributed by atoms with Crippen molar-refractivity contribution in [1.82, 2.24) is 4.72 Å². The number of furan rings is 1. The fourth-order valence-corrected chi connectivity index (χ4v) is 5.51. The highest BCUT2D eigenvalue weighted by molar-refractivity contribution is 7.89. The molecule has 2 heterocycles. The van der Waals surface area contributed by atoms with Crippen LogP contribution >= 0.6 is 0 Å². The molecule has 1 aliphatic carbocycles. The SMILES string of the molecule is O=S(=O)(NC(O)c1cc2c(F)cc(N3CCC3)cc2o1)c1c(F)cccc1C1CCC1. The number of benzene rings is 2. The summed E-state index contributed by atoms with van der Waals surface area (Å²) in [4.78, 5) is 1.53. The summed E-state index contributed by atoms with van der Waals surface area (Å²) >= 11 is 0. The average Bonchev–Trinajstić information content (AvgIpc) is 3.03. The lowest BCUT2D eigenvalue weighted by atomic mass is 9.80. The normalized spacial score (nSPS) is 18.1. The summed E-state index contributed by atoms with van der Waals surface area (Å²) in [5.41, 5.74) is 1.28. The Morgan fingerprint density at radius 3 is 2.52 bits per heavy atom. The smallest absolute Gasteiger partial charge is 0.246 e. The van der Waals surface area contributed by atoms with Crippen molar-refractivity contribution in [2.24, 2.45) is 0 Å². The van der Waals surface area contributed by atoms with Gasteiger partial charge < -0.3 is 14.4 Å². The van der Waals surface area contributed by atoms with Crippen LogP contribution in [0.1, 0.15) is 49.2 Å². The van der Waals surface area contributed by atoms with Crippen molar-refractivity contribution < 1.29 is 26.7 Å². The van der Waals surface area contributed by atoms with Gasteiger partial charge in [-0.3, -0.25) is 0 Å². The van der Waals surface area contributed by atoms with E-state index in [0.29, 0.717) is 11.3 Å². The van der Waals surface area contributed by atoms with Gasteiger partial charge in [-0.2, -0.15) is 4.72 Å². The van der Waals surface area contributed by atoms with E-state index in [1.54, 1.807) is 12.1 Å². The molecule has 2 N–H and O–H groups in total. The van der Waals surface area contributed by atoms with E-state index in [1.165, 1.54) is 18.2 Å². The van der Waals surface area contributed by atoms with Crippen LogP contribution in [0.15, 0.2) is 45.7 Å². The highest BCUT2D eigenvalue weighted by Gasteiger charge is 2.32. The molecular formula is C22H22F2N2O4S. The minimum atomic E-state index is -4.39. The number of sulfonamides is 1. The number of hydrogen-bond acceptors (Lipinski definition) is 5. The molecule has 164 valence electrons. The average molecular weight is 448 g/mol. The van der Waals surface area contributed by atoms with Gasteiger partial charge in [0, 0.05) is 24.8 Å². The Morgan fingerprint density at radius 1 is 1.10 bits per heavy atom. The van der Waals surface area contributed by atoms with Gasteiger partial charge in [0.05, 0.1) is 5.39 Å². The third-order valence-corrected chi connectivity index (χ3v) is 7.66. The lowest BCUT2D eigenvalue weighted by molar-refractivity contribution is 0.141. The molecule has 0 bridgehead atoms. The van der Waals surface area contributed by atoms with Crippen molar-refractivity contribution in [2.45, 2.75) is 42.7 Å². The van der Waals surface area contributed by atoms with E-state index in [0.717, 1.165) is 44.8 Å². The minimum Gasteiger partial charge on any atom is -0.457 e. The number of fused-ring (bicyclic) bond motifs is 1. The van der Waals surface area contributed by atoms with E-state index < -0.39 is 32.8 Å². The van der Waals surface area contributed by atoms with Crippen molar-refractivity contribution in [3.8, 4) is 0 Å². The summed E-state index contributed by atoms with van der Waals surface area (Å²) in [5.74, 6) is -1.59. The zero-order chi connectivity index (χ0) is 21.8. The second kappa shape index (κ2) is 7.58. The molecule has 2 aromatic carbocycles. The summed E-state index contributed by atoms with van der Waals surface area (Å²) < 4.78 is 62.6.